The molecular weight excluding hydrogens is 254 g/mol. The van der Waals surface area contributed by atoms with Gasteiger partial charge in [-0.15, -0.1) is 11.3 Å². The van der Waals surface area contributed by atoms with Gasteiger partial charge >= 0.3 is 0 Å². The van der Waals surface area contributed by atoms with Gasteiger partial charge in [0.2, 0.25) is 5.91 Å². The van der Waals surface area contributed by atoms with Crippen molar-refractivity contribution in [1.82, 2.24) is 14.6 Å². The molecule has 0 atom stereocenters. The molecule has 0 aliphatic carbocycles. The molecule has 2 heterocycles. The minimum Gasteiger partial charge on any atom is -0.298 e. The lowest BCUT2D eigenvalue weighted by Gasteiger charge is -2.13. The summed E-state index contributed by atoms with van der Waals surface area (Å²) in [5.41, 5.74) is -0.117. The van der Waals surface area contributed by atoms with Crippen molar-refractivity contribution in [2.75, 3.05) is 14.2 Å². The molecule has 7 heteroatoms. The van der Waals surface area contributed by atoms with Gasteiger partial charge in [0.1, 0.15) is 4.83 Å². The highest BCUT2D eigenvalue weighted by atomic mass is 32.1. The van der Waals surface area contributed by atoms with E-state index in [1.807, 2.05) is 5.38 Å². The van der Waals surface area contributed by atoms with E-state index in [2.05, 4.69) is 4.98 Å². The highest BCUT2D eigenvalue weighted by Gasteiger charge is 2.10. The normalized spacial score (nSPS) is 10.8. The zero-order chi connectivity index (χ0) is 13.1. The van der Waals surface area contributed by atoms with E-state index in [4.69, 9.17) is 4.84 Å². The predicted octanol–water partition coefficient (Wildman–Crippen LogP) is 0.868. The Morgan fingerprint density at radius 3 is 3.11 bits per heavy atom. The van der Waals surface area contributed by atoms with E-state index in [0.29, 0.717) is 11.9 Å². The van der Waals surface area contributed by atoms with E-state index in [-0.39, 0.29) is 17.9 Å². The molecule has 0 aliphatic heterocycles. The zero-order valence-corrected chi connectivity index (χ0v) is 10.9. The second-order valence-electron chi connectivity index (χ2n) is 3.71. The van der Waals surface area contributed by atoms with E-state index >= 15 is 0 Å². The Morgan fingerprint density at radius 1 is 1.61 bits per heavy atom. The third-order valence-corrected chi connectivity index (χ3v) is 3.46. The molecule has 0 radical (unpaired) electrons. The molecular formula is C11H13N3O3S. The van der Waals surface area contributed by atoms with Gasteiger partial charge in [-0.2, -0.15) is 0 Å². The lowest BCUT2D eigenvalue weighted by molar-refractivity contribution is -0.168. The maximum absolute atomic E-state index is 12.0. The van der Waals surface area contributed by atoms with Gasteiger partial charge in [0.05, 0.1) is 18.8 Å². The fourth-order valence-electron chi connectivity index (χ4n) is 1.53. The van der Waals surface area contributed by atoms with Crippen molar-refractivity contribution in [3.05, 3.63) is 28.1 Å². The Labute approximate surface area is 107 Å². The van der Waals surface area contributed by atoms with Crippen molar-refractivity contribution in [2.24, 2.45) is 0 Å². The van der Waals surface area contributed by atoms with Gasteiger partial charge < -0.3 is 0 Å². The summed E-state index contributed by atoms with van der Waals surface area (Å²) in [6, 6.07) is 1.74. The molecule has 1 amide bonds. The van der Waals surface area contributed by atoms with Gasteiger partial charge in [0.15, 0.2) is 0 Å². The Balaban J connectivity index is 2.15. The van der Waals surface area contributed by atoms with Gasteiger partial charge in [0.25, 0.3) is 5.56 Å². The Hall–Kier alpha value is -1.73. The molecule has 0 saturated carbocycles. The van der Waals surface area contributed by atoms with E-state index < -0.39 is 0 Å². The van der Waals surface area contributed by atoms with Gasteiger partial charge in [-0.3, -0.25) is 19.0 Å². The number of thiophene rings is 1. The number of nitrogens with zero attached hydrogens (tertiary/aromatic N) is 3. The summed E-state index contributed by atoms with van der Waals surface area (Å²) in [4.78, 5) is 33.2. The summed E-state index contributed by atoms with van der Waals surface area (Å²) in [6.45, 7) is 0.296. The monoisotopic (exact) mass is 267 g/mol. The van der Waals surface area contributed by atoms with Crippen molar-refractivity contribution in [3.8, 4) is 0 Å². The lowest BCUT2D eigenvalue weighted by atomic mass is 10.3. The molecule has 0 spiro atoms. The first kappa shape index (κ1) is 12.7. The minimum atomic E-state index is -0.185. The number of rotatable bonds is 4. The maximum atomic E-state index is 12.0. The van der Waals surface area contributed by atoms with Gasteiger partial charge in [-0.05, 0) is 11.4 Å². The lowest BCUT2D eigenvalue weighted by Crippen LogP contribution is -2.28. The Morgan fingerprint density at radius 2 is 2.39 bits per heavy atom. The molecule has 0 unspecified atom stereocenters. The van der Waals surface area contributed by atoms with Crippen molar-refractivity contribution in [1.29, 1.82) is 0 Å². The highest BCUT2D eigenvalue weighted by Crippen LogP contribution is 2.13. The Kier molecular flexibility index (Phi) is 3.73. The largest absolute Gasteiger partial charge is 0.298 e. The van der Waals surface area contributed by atoms with Crippen LogP contribution in [-0.2, 0) is 16.2 Å². The summed E-state index contributed by atoms with van der Waals surface area (Å²) >= 11 is 1.42. The summed E-state index contributed by atoms with van der Waals surface area (Å²) in [5, 5.41) is 3.56. The van der Waals surface area contributed by atoms with Crippen LogP contribution in [0.25, 0.3) is 10.2 Å². The average Bonchev–Trinajstić information content (AvgIpc) is 2.85. The molecule has 0 bridgehead atoms. The number of fused-ring (bicyclic) bond motifs is 1. The molecule has 6 nitrogen and oxygen atoms in total. The fourth-order valence-corrected chi connectivity index (χ4v) is 2.25. The van der Waals surface area contributed by atoms with Gasteiger partial charge in [-0.25, -0.2) is 10.0 Å². The molecule has 0 N–H and O–H groups in total. The SMILES string of the molecule is CON(C)C(=O)CCn1cnc2sccc2c1=O. The molecule has 0 aliphatic rings. The fraction of sp³-hybridized carbons (Fsp3) is 0.364. The number of amides is 1. The van der Waals surface area contributed by atoms with Gasteiger partial charge in [0, 0.05) is 20.0 Å². The molecule has 96 valence electrons. The van der Waals surface area contributed by atoms with Crippen LogP contribution in [0.4, 0.5) is 0 Å². The molecule has 2 aromatic heterocycles. The Bertz CT molecular complexity index is 619. The molecule has 0 aromatic carbocycles. The second kappa shape index (κ2) is 5.28. The molecule has 18 heavy (non-hydrogen) atoms. The van der Waals surface area contributed by atoms with E-state index in [9.17, 15) is 9.59 Å². The zero-order valence-electron chi connectivity index (χ0n) is 10.1. The van der Waals surface area contributed by atoms with Crippen molar-refractivity contribution in [3.63, 3.8) is 0 Å². The number of aryl methyl sites for hydroxylation is 1. The number of carbonyl (C=O) groups excluding carboxylic acids is 1. The van der Waals surface area contributed by atoms with E-state index in [0.717, 1.165) is 9.89 Å². The first-order valence-corrected chi connectivity index (χ1v) is 6.24. The molecule has 2 aromatic rings. The summed E-state index contributed by atoms with van der Waals surface area (Å²) < 4.78 is 1.44. The van der Waals surface area contributed by atoms with Crippen LogP contribution in [0.3, 0.4) is 0 Å². The van der Waals surface area contributed by atoms with Crippen LogP contribution in [0.15, 0.2) is 22.6 Å². The van der Waals surface area contributed by atoms with Gasteiger partial charge in [-0.1, -0.05) is 0 Å². The van der Waals surface area contributed by atoms with Crippen LogP contribution in [-0.4, -0.2) is 34.7 Å². The number of hydrogen-bond acceptors (Lipinski definition) is 5. The van der Waals surface area contributed by atoms with Crippen LogP contribution in [0, 0.1) is 0 Å². The van der Waals surface area contributed by atoms with Crippen molar-refractivity contribution >= 4 is 27.5 Å². The van der Waals surface area contributed by atoms with Crippen LogP contribution >= 0.6 is 11.3 Å². The number of aromatic nitrogens is 2. The second-order valence-corrected chi connectivity index (χ2v) is 4.60. The maximum Gasteiger partial charge on any atom is 0.262 e. The average molecular weight is 267 g/mol. The topological polar surface area (TPSA) is 64.4 Å². The van der Waals surface area contributed by atoms with Crippen LogP contribution in [0.1, 0.15) is 6.42 Å². The number of carbonyl (C=O) groups is 1. The predicted molar refractivity (Wildman–Crippen MR) is 68.3 cm³/mol. The van der Waals surface area contributed by atoms with Crippen LogP contribution in [0.2, 0.25) is 0 Å². The van der Waals surface area contributed by atoms with Crippen molar-refractivity contribution in [2.45, 2.75) is 13.0 Å². The standard InChI is InChI=1S/C11H13N3O3S/c1-13(17-2)9(15)3-5-14-7-12-10-8(11(14)16)4-6-18-10/h4,6-7H,3,5H2,1-2H3. The van der Waals surface area contributed by atoms with E-state index in [1.165, 1.54) is 36.4 Å². The summed E-state index contributed by atoms with van der Waals surface area (Å²) in [6.07, 6.45) is 1.67. The van der Waals surface area contributed by atoms with Crippen molar-refractivity contribution < 1.29 is 9.63 Å². The van der Waals surface area contributed by atoms with Crippen LogP contribution in [0.5, 0.6) is 0 Å². The third-order valence-electron chi connectivity index (χ3n) is 2.64. The minimum absolute atomic E-state index is 0.117. The number of hydrogen-bond donors (Lipinski definition) is 0. The quantitative estimate of drug-likeness (QED) is 0.771. The van der Waals surface area contributed by atoms with Crippen LogP contribution < -0.4 is 5.56 Å². The highest BCUT2D eigenvalue weighted by molar-refractivity contribution is 7.16. The smallest absolute Gasteiger partial charge is 0.262 e. The first-order valence-electron chi connectivity index (χ1n) is 5.37. The van der Waals surface area contributed by atoms with E-state index in [1.54, 1.807) is 6.07 Å². The molecule has 2 rings (SSSR count). The molecule has 0 fully saturated rings. The summed E-state index contributed by atoms with van der Waals surface area (Å²) in [7, 11) is 2.95. The summed E-state index contributed by atoms with van der Waals surface area (Å²) in [5.74, 6) is -0.185. The first-order chi connectivity index (χ1) is 8.63. The third kappa shape index (κ3) is 2.41. The number of hydroxylamine groups is 2. The molecule has 0 saturated heterocycles.